The van der Waals surface area contributed by atoms with Gasteiger partial charge in [-0.3, -0.25) is 4.79 Å². The van der Waals surface area contributed by atoms with Gasteiger partial charge in [0.2, 0.25) is 0 Å². The molecule has 0 bridgehead atoms. The molecule has 1 aliphatic carbocycles. The Balaban J connectivity index is 2.07. The third-order valence-corrected chi connectivity index (χ3v) is 7.25. The van der Waals surface area contributed by atoms with Crippen LogP contribution < -0.4 is 5.32 Å². The fraction of sp³-hybridized carbons (Fsp3) is 0.304. The summed E-state index contributed by atoms with van der Waals surface area (Å²) < 4.78 is 64.5. The quantitative estimate of drug-likeness (QED) is 0.637. The average molecular weight is 462 g/mol. The molecule has 0 aromatic heterocycles. The second-order valence-corrected chi connectivity index (χ2v) is 9.76. The van der Waals surface area contributed by atoms with E-state index in [1.807, 2.05) is 6.07 Å². The van der Waals surface area contributed by atoms with Crippen molar-refractivity contribution >= 4 is 21.3 Å². The molecule has 32 heavy (non-hydrogen) atoms. The highest BCUT2D eigenvalue weighted by atomic mass is 32.2. The Labute approximate surface area is 184 Å². The molecule has 0 radical (unpaired) electrons. The number of ketones is 1. The van der Waals surface area contributed by atoms with Gasteiger partial charge in [-0.15, -0.1) is 0 Å². The van der Waals surface area contributed by atoms with Crippen molar-refractivity contribution in [3.63, 3.8) is 0 Å². The number of nitrogens with zero attached hydrogens (tertiary/aromatic N) is 1. The zero-order valence-corrected chi connectivity index (χ0v) is 18.3. The van der Waals surface area contributed by atoms with Crippen molar-refractivity contribution in [1.82, 2.24) is 0 Å². The van der Waals surface area contributed by atoms with E-state index >= 15 is 0 Å². The van der Waals surface area contributed by atoms with Gasteiger partial charge in [-0.2, -0.15) is 18.4 Å². The molecule has 1 atom stereocenters. The van der Waals surface area contributed by atoms with Crippen LogP contribution in [0.15, 0.2) is 58.6 Å². The van der Waals surface area contributed by atoms with Gasteiger partial charge in [0.15, 0.2) is 15.6 Å². The molecule has 168 valence electrons. The summed E-state index contributed by atoms with van der Waals surface area (Å²) in [5.41, 5.74) is 0.730. The summed E-state index contributed by atoms with van der Waals surface area (Å²) in [6.07, 6.45) is -4.02. The molecule has 2 aromatic carbocycles. The average Bonchev–Trinajstić information content (AvgIpc) is 3.12. The van der Waals surface area contributed by atoms with E-state index in [0.29, 0.717) is 23.3 Å². The fourth-order valence-corrected chi connectivity index (χ4v) is 5.02. The first kappa shape index (κ1) is 23.5. The number of benzene rings is 2. The van der Waals surface area contributed by atoms with Crippen molar-refractivity contribution in [2.75, 3.05) is 11.1 Å². The summed E-state index contributed by atoms with van der Waals surface area (Å²) >= 11 is 0. The summed E-state index contributed by atoms with van der Waals surface area (Å²) in [7, 11) is -3.68. The SMILES string of the molecule is CCS(=O)(=O)c1cc(C#N)ccc1C(C)C1=C(Nc2cccc(C(F)(F)F)c2)CCC1=O. The Morgan fingerprint density at radius 2 is 1.88 bits per heavy atom. The van der Waals surface area contributed by atoms with Gasteiger partial charge >= 0.3 is 6.18 Å². The zero-order valence-electron chi connectivity index (χ0n) is 17.5. The number of hydrogen-bond acceptors (Lipinski definition) is 5. The Morgan fingerprint density at radius 3 is 2.50 bits per heavy atom. The number of anilines is 1. The van der Waals surface area contributed by atoms with Gasteiger partial charge in [0.25, 0.3) is 0 Å². The lowest BCUT2D eigenvalue weighted by Gasteiger charge is -2.20. The van der Waals surface area contributed by atoms with Crippen molar-refractivity contribution in [2.24, 2.45) is 0 Å². The maximum atomic E-state index is 13.0. The Hall–Kier alpha value is -3.12. The number of Topliss-reactive ketones (excluding diaryl/α,β-unsaturated/α-hetero) is 1. The third kappa shape index (κ3) is 4.70. The van der Waals surface area contributed by atoms with E-state index in [1.54, 1.807) is 6.92 Å². The minimum absolute atomic E-state index is 0.0165. The summed E-state index contributed by atoms with van der Waals surface area (Å²) in [4.78, 5) is 12.7. The molecule has 5 nitrogen and oxygen atoms in total. The maximum Gasteiger partial charge on any atom is 0.416 e. The third-order valence-electron chi connectivity index (χ3n) is 5.47. The summed E-state index contributed by atoms with van der Waals surface area (Å²) in [5, 5.41) is 12.1. The Kier molecular flexibility index (Phi) is 6.46. The van der Waals surface area contributed by atoms with Crippen LogP contribution in [0.4, 0.5) is 18.9 Å². The summed E-state index contributed by atoms with van der Waals surface area (Å²) in [6, 6.07) is 10.9. The van der Waals surface area contributed by atoms with Crippen LogP contribution in [0.3, 0.4) is 0 Å². The van der Waals surface area contributed by atoms with Crippen molar-refractivity contribution in [3.05, 3.63) is 70.4 Å². The van der Waals surface area contributed by atoms with Crippen LogP contribution in [0.1, 0.15) is 49.3 Å². The number of rotatable bonds is 6. The molecule has 2 aromatic rings. The largest absolute Gasteiger partial charge is 0.416 e. The standard InChI is InChI=1S/C23H21F3N2O3S/c1-3-32(30,31)21-11-15(13-27)7-8-18(21)14(2)22-19(9-10-20(22)29)28-17-6-4-5-16(12-17)23(24,25)26/h4-8,11-12,14,28H,3,9-10H2,1-2H3. The lowest BCUT2D eigenvalue weighted by molar-refractivity contribution is -0.137. The monoisotopic (exact) mass is 462 g/mol. The van der Waals surface area contributed by atoms with Crippen molar-refractivity contribution in [2.45, 2.75) is 43.7 Å². The first-order valence-corrected chi connectivity index (χ1v) is 11.6. The first-order valence-electron chi connectivity index (χ1n) is 9.95. The fourth-order valence-electron chi connectivity index (χ4n) is 3.80. The molecule has 1 unspecified atom stereocenters. The highest BCUT2D eigenvalue weighted by Gasteiger charge is 2.33. The van der Waals surface area contributed by atoms with Gasteiger partial charge in [-0.25, -0.2) is 8.42 Å². The van der Waals surface area contributed by atoms with Gasteiger partial charge in [0.1, 0.15) is 0 Å². The highest BCUT2D eigenvalue weighted by molar-refractivity contribution is 7.91. The van der Waals surface area contributed by atoms with Crippen molar-refractivity contribution in [1.29, 1.82) is 5.26 Å². The van der Waals surface area contributed by atoms with Gasteiger partial charge < -0.3 is 5.32 Å². The number of allylic oxidation sites excluding steroid dienone is 2. The molecule has 1 aliphatic rings. The number of alkyl halides is 3. The van der Waals surface area contributed by atoms with Crippen LogP contribution >= 0.6 is 0 Å². The summed E-state index contributed by atoms with van der Waals surface area (Å²) in [6.45, 7) is 3.17. The minimum atomic E-state index is -4.50. The van der Waals surface area contributed by atoms with E-state index in [2.05, 4.69) is 5.32 Å². The molecule has 0 amide bonds. The first-order chi connectivity index (χ1) is 15.0. The molecule has 0 saturated heterocycles. The molecule has 0 heterocycles. The number of sulfone groups is 1. The van der Waals surface area contributed by atoms with E-state index < -0.39 is 27.5 Å². The highest BCUT2D eigenvalue weighted by Crippen LogP contribution is 2.38. The minimum Gasteiger partial charge on any atom is -0.359 e. The van der Waals surface area contributed by atoms with Crippen LogP contribution in [-0.4, -0.2) is 20.0 Å². The number of halogens is 3. The van der Waals surface area contributed by atoms with Crippen LogP contribution in [0.25, 0.3) is 0 Å². The molecule has 0 saturated carbocycles. The second kappa shape index (κ2) is 8.79. The lowest BCUT2D eigenvalue weighted by atomic mass is 9.90. The number of carbonyl (C=O) groups excluding carboxylic acids is 1. The molecule has 0 fully saturated rings. The topological polar surface area (TPSA) is 87.0 Å². The normalized spacial score (nSPS) is 15.6. The molecule has 0 aliphatic heterocycles. The predicted octanol–water partition coefficient (Wildman–Crippen LogP) is 5.20. The maximum absolute atomic E-state index is 13.0. The van der Waals surface area contributed by atoms with Gasteiger partial charge in [-0.05, 0) is 42.3 Å². The second-order valence-electron chi connectivity index (χ2n) is 7.51. The van der Waals surface area contributed by atoms with Crippen molar-refractivity contribution in [3.8, 4) is 6.07 Å². The number of nitriles is 1. The van der Waals surface area contributed by atoms with Gasteiger partial charge in [0, 0.05) is 29.3 Å². The number of nitrogens with one attached hydrogen (secondary N) is 1. The van der Waals surface area contributed by atoms with Crippen LogP contribution in [0.2, 0.25) is 0 Å². The number of hydrogen-bond donors (Lipinski definition) is 1. The van der Waals surface area contributed by atoms with E-state index in [-0.39, 0.29) is 34.1 Å². The van der Waals surface area contributed by atoms with E-state index in [4.69, 9.17) is 0 Å². The van der Waals surface area contributed by atoms with E-state index in [0.717, 1.165) is 12.1 Å². The smallest absolute Gasteiger partial charge is 0.359 e. The van der Waals surface area contributed by atoms with E-state index in [9.17, 15) is 31.6 Å². The lowest BCUT2D eigenvalue weighted by Crippen LogP contribution is -2.14. The van der Waals surface area contributed by atoms with E-state index in [1.165, 1.54) is 37.3 Å². The predicted molar refractivity (Wildman–Crippen MR) is 114 cm³/mol. The van der Waals surface area contributed by atoms with Crippen LogP contribution in [0, 0.1) is 11.3 Å². The molecule has 1 N–H and O–H groups in total. The van der Waals surface area contributed by atoms with Gasteiger partial charge in [0.05, 0.1) is 27.8 Å². The molecule has 0 spiro atoms. The molecule has 9 heteroatoms. The summed E-state index contributed by atoms with van der Waals surface area (Å²) in [5.74, 6) is -1.01. The van der Waals surface area contributed by atoms with Crippen LogP contribution in [0.5, 0.6) is 0 Å². The molecular formula is C23H21F3N2O3S. The van der Waals surface area contributed by atoms with Gasteiger partial charge in [-0.1, -0.05) is 26.0 Å². The van der Waals surface area contributed by atoms with Crippen molar-refractivity contribution < 1.29 is 26.4 Å². The zero-order chi connectivity index (χ0) is 23.7. The Morgan fingerprint density at radius 1 is 1.16 bits per heavy atom. The molecule has 3 rings (SSSR count). The number of carbonyl (C=O) groups is 1. The van der Waals surface area contributed by atoms with Crippen LogP contribution in [-0.2, 0) is 20.8 Å². The molecular weight excluding hydrogens is 441 g/mol. The Bertz CT molecular complexity index is 1240.